The van der Waals surface area contributed by atoms with Crippen molar-refractivity contribution in [3.05, 3.63) is 18.2 Å². The molecule has 1 fully saturated rings. The standard InChI is InChI=1S/C9H14N2O2/c1(2-8-6-10-7-11-8)3-9-12-4-5-13-9/h6-7,9H,1-5H2,(H,10,11). The molecule has 0 atom stereocenters. The van der Waals surface area contributed by atoms with E-state index in [-0.39, 0.29) is 6.29 Å². The quantitative estimate of drug-likeness (QED) is 0.758. The van der Waals surface area contributed by atoms with Gasteiger partial charge in [-0.2, -0.15) is 0 Å². The summed E-state index contributed by atoms with van der Waals surface area (Å²) in [6.45, 7) is 1.49. The lowest BCUT2D eigenvalue weighted by Gasteiger charge is -2.07. The molecular weight excluding hydrogens is 168 g/mol. The number of H-pyrrole nitrogens is 1. The second kappa shape index (κ2) is 4.39. The predicted octanol–water partition coefficient (Wildman–Crippen LogP) is 1.11. The summed E-state index contributed by atoms with van der Waals surface area (Å²) < 4.78 is 10.6. The van der Waals surface area contributed by atoms with Crippen molar-refractivity contribution in [2.75, 3.05) is 13.2 Å². The Labute approximate surface area is 77.3 Å². The van der Waals surface area contributed by atoms with E-state index in [9.17, 15) is 0 Å². The number of imidazole rings is 1. The Morgan fingerprint density at radius 3 is 3.00 bits per heavy atom. The van der Waals surface area contributed by atoms with Gasteiger partial charge in [0.15, 0.2) is 6.29 Å². The summed E-state index contributed by atoms with van der Waals surface area (Å²) in [5.74, 6) is 0. The number of aryl methyl sites for hydroxylation is 1. The summed E-state index contributed by atoms with van der Waals surface area (Å²) in [4.78, 5) is 7.02. The molecule has 72 valence electrons. The highest BCUT2D eigenvalue weighted by Gasteiger charge is 2.14. The molecule has 0 amide bonds. The Morgan fingerprint density at radius 2 is 2.31 bits per heavy atom. The van der Waals surface area contributed by atoms with Gasteiger partial charge in [0.1, 0.15) is 0 Å². The fourth-order valence-electron chi connectivity index (χ4n) is 1.45. The number of hydrogen-bond donors (Lipinski definition) is 1. The lowest BCUT2D eigenvalue weighted by Crippen LogP contribution is -2.07. The number of aromatic nitrogens is 2. The van der Waals surface area contributed by atoms with Crippen molar-refractivity contribution in [1.29, 1.82) is 0 Å². The Morgan fingerprint density at radius 1 is 1.46 bits per heavy atom. The molecule has 1 aliphatic rings. The van der Waals surface area contributed by atoms with Crippen molar-refractivity contribution in [3.63, 3.8) is 0 Å². The normalized spacial score (nSPS) is 18.2. The van der Waals surface area contributed by atoms with Crippen LogP contribution in [0.1, 0.15) is 18.5 Å². The third-order valence-corrected chi connectivity index (χ3v) is 2.13. The number of rotatable bonds is 4. The van der Waals surface area contributed by atoms with Crippen LogP contribution >= 0.6 is 0 Å². The topological polar surface area (TPSA) is 47.1 Å². The van der Waals surface area contributed by atoms with Gasteiger partial charge in [0.25, 0.3) is 0 Å². The van der Waals surface area contributed by atoms with E-state index < -0.39 is 0 Å². The third-order valence-electron chi connectivity index (χ3n) is 2.13. The average molecular weight is 182 g/mol. The first-order valence-electron chi connectivity index (χ1n) is 4.65. The first kappa shape index (κ1) is 8.72. The molecule has 0 aromatic carbocycles. The summed E-state index contributed by atoms with van der Waals surface area (Å²) in [5.41, 5.74) is 1.18. The van der Waals surface area contributed by atoms with Crippen LogP contribution in [0.2, 0.25) is 0 Å². The van der Waals surface area contributed by atoms with Gasteiger partial charge in [0.05, 0.1) is 19.5 Å². The van der Waals surface area contributed by atoms with E-state index >= 15 is 0 Å². The number of ether oxygens (including phenoxy) is 2. The van der Waals surface area contributed by atoms with Gasteiger partial charge in [-0.15, -0.1) is 0 Å². The zero-order valence-corrected chi connectivity index (χ0v) is 7.53. The van der Waals surface area contributed by atoms with Gasteiger partial charge in [0, 0.05) is 11.9 Å². The fraction of sp³-hybridized carbons (Fsp3) is 0.667. The Bertz CT molecular complexity index is 230. The predicted molar refractivity (Wildman–Crippen MR) is 47.2 cm³/mol. The Balaban J connectivity index is 1.63. The monoisotopic (exact) mass is 182 g/mol. The molecule has 4 nitrogen and oxygen atoms in total. The molecule has 0 radical (unpaired) electrons. The van der Waals surface area contributed by atoms with Gasteiger partial charge in [-0.25, -0.2) is 4.98 Å². The van der Waals surface area contributed by atoms with Gasteiger partial charge >= 0.3 is 0 Å². The zero-order valence-electron chi connectivity index (χ0n) is 7.53. The second-order valence-electron chi connectivity index (χ2n) is 3.14. The van der Waals surface area contributed by atoms with Gasteiger partial charge in [-0.3, -0.25) is 0 Å². The van der Waals surface area contributed by atoms with Crippen molar-refractivity contribution < 1.29 is 9.47 Å². The maximum absolute atomic E-state index is 5.32. The van der Waals surface area contributed by atoms with Gasteiger partial charge < -0.3 is 14.5 Å². The molecule has 13 heavy (non-hydrogen) atoms. The smallest absolute Gasteiger partial charge is 0.157 e. The maximum Gasteiger partial charge on any atom is 0.157 e. The first-order valence-corrected chi connectivity index (χ1v) is 4.65. The van der Waals surface area contributed by atoms with E-state index in [1.165, 1.54) is 5.69 Å². The third kappa shape index (κ3) is 2.54. The van der Waals surface area contributed by atoms with E-state index in [1.807, 2.05) is 6.20 Å². The summed E-state index contributed by atoms with van der Waals surface area (Å²) in [7, 11) is 0. The first-order chi connectivity index (χ1) is 6.45. The van der Waals surface area contributed by atoms with Crippen LogP contribution in [0, 0.1) is 0 Å². The van der Waals surface area contributed by atoms with Crippen LogP contribution in [0.15, 0.2) is 12.5 Å². The summed E-state index contributed by atoms with van der Waals surface area (Å²) in [5, 5.41) is 0. The van der Waals surface area contributed by atoms with Crippen molar-refractivity contribution in [3.8, 4) is 0 Å². The largest absolute Gasteiger partial charge is 0.350 e. The van der Waals surface area contributed by atoms with E-state index in [2.05, 4.69) is 9.97 Å². The summed E-state index contributed by atoms with van der Waals surface area (Å²) in [6, 6.07) is 0. The average Bonchev–Trinajstić information content (AvgIpc) is 2.75. The molecule has 0 aliphatic carbocycles. The Kier molecular flexibility index (Phi) is 2.94. The van der Waals surface area contributed by atoms with Crippen LogP contribution in [-0.4, -0.2) is 29.5 Å². The van der Waals surface area contributed by atoms with Crippen LogP contribution < -0.4 is 0 Å². The Hall–Kier alpha value is -0.870. The van der Waals surface area contributed by atoms with Gasteiger partial charge in [-0.1, -0.05) is 0 Å². The maximum atomic E-state index is 5.32. The van der Waals surface area contributed by atoms with Crippen molar-refractivity contribution in [2.24, 2.45) is 0 Å². The van der Waals surface area contributed by atoms with E-state index in [0.29, 0.717) is 0 Å². The SMILES string of the molecule is c1ncc(CCCC2OCCO2)[nH]1. The molecule has 2 rings (SSSR count). The molecule has 1 aliphatic heterocycles. The van der Waals surface area contributed by atoms with Crippen LogP contribution in [0.5, 0.6) is 0 Å². The van der Waals surface area contributed by atoms with Crippen molar-refractivity contribution in [2.45, 2.75) is 25.6 Å². The lowest BCUT2D eigenvalue weighted by molar-refractivity contribution is -0.0476. The molecule has 1 saturated heterocycles. The van der Waals surface area contributed by atoms with Gasteiger partial charge in [-0.05, 0) is 19.3 Å². The molecule has 4 heteroatoms. The minimum absolute atomic E-state index is 0.0305. The molecule has 1 aromatic rings. The molecular formula is C9H14N2O2. The molecule has 0 unspecified atom stereocenters. The molecule has 1 aromatic heterocycles. The number of aromatic amines is 1. The number of hydrogen-bond acceptors (Lipinski definition) is 3. The minimum atomic E-state index is 0.0305. The summed E-state index contributed by atoms with van der Waals surface area (Å²) in [6.07, 6.45) is 6.66. The van der Waals surface area contributed by atoms with E-state index in [1.54, 1.807) is 6.33 Å². The summed E-state index contributed by atoms with van der Waals surface area (Å²) >= 11 is 0. The van der Waals surface area contributed by atoms with E-state index in [4.69, 9.17) is 9.47 Å². The minimum Gasteiger partial charge on any atom is -0.350 e. The van der Waals surface area contributed by atoms with E-state index in [0.717, 1.165) is 32.5 Å². The van der Waals surface area contributed by atoms with Crippen molar-refractivity contribution >= 4 is 0 Å². The number of nitrogens with one attached hydrogen (secondary N) is 1. The van der Waals surface area contributed by atoms with Gasteiger partial charge in [0.2, 0.25) is 0 Å². The van der Waals surface area contributed by atoms with Crippen LogP contribution in [0.4, 0.5) is 0 Å². The second-order valence-corrected chi connectivity index (χ2v) is 3.14. The van der Waals surface area contributed by atoms with Crippen LogP contribution in [-0.2, 0) is 15.9 Å². The fourth-order valence-corrected chi connectivity index (χ4v) is 1.45. The molecule has 0 spiro atoms. The van der Waals surface area contributed by atoms with Crippen LogP contribution in [0.25, 0.3) is 0 Å². The molecule has 2 heterocycles. The number of nitrogens with zero attached hydrogens (tertiary/aromatic N) is 1. The van der Waals surface area contributed by atoms with Crippen molar-refractivity contribution in [1.82, 2.24) is 9.97 Å². The zero-order chi connectivity index (χ0) is 8.93. The molecule has 1 N–H and O–H groups in total. The highest BCUT2D eigenvalue weighted by Crippen LogP contribution is 2.11. The van der Waals surface area contributed by atoms with Crippen LogP contribution in [0.3, 0.4) is 0 Å². The molecule has 0 saturated carbocycles. The molecule has 0 bridgehead atoms. The highest BCUT2D eigenvalue weighted by atomic mass is 16.7. The lowest BCUT2D eigenvalue weighted by atomic mass is 10.2. The highest BCUT2D eigenvalue weighted by molar-refractivity contribution is 4.93.